The van der Waals surface area contributed by atoms with Crippen LogP contribution in [0, 0.1) is 5.82 Å². The molecule has 0 aliphatic heterocycles. The summed E-state index contributed by atoms with van der Waals surface area (Å²) in [6.07, 6.45) is 1.50. The van der Waals surface area contributed by atoms with Crippen LogP contribution in [0.2, 0.25) is 0 Å². The maximum atomic E-state index is 13.8. The van der Waals surface area contributed by atoms with Crippen molar-refractivity contribution >= 4 is 54.5 Å². The summed E-state index contributed by atoms with van der Waals surface area (Å²) < 4.78 is 47.7. The predicted molar refractivity (Wildman–Crippen MR) is 160 cm³/mol. The smallest absolute Gasteiger partial charge is 0.280 e. The summed E-state index contributed by atoms with van der Waals surface area (Å²) in [6.45, 7) is 1.99. The van der Waals surface area contributed by atoms with Crippen LogP contribution in [0.5, 0.6) is 5.75 Å². The van der Waals surface area contributed by atoms with Crippen molar-refractivity contribution < 1.29 is 22.3 Å². The van der Waals surface area contributed by atoms with Gasteiger partial charge in [-0.05, 0) is 91.3 Å². The fourth-order valence-corrected chi connectivity index (χ4v) is 6.51. The van der Waals surface area contributed by atoms with E-state index >= 15 is 0 Å². The standard InChI is InChI=1S/C30H25FN4O4S2/c1-3-34(24-7-5-4-6-8-24)41(37,38)26-16-11-22(12-17-26)29(36)35(32-20-21-9-14-25(39-2)15-10-21)30-33-27-18-13-23(31)19-28(27)40-30/h4-20H,3H2,1-2H3/b32-20+. The van der Waals surface area contributed by atoms with Gasteiger partial charge in [-0.2, -0.15) is 10.1 Å². The van der Waals surface area contributed by atoms with Crippen molar-refractivity contribution in [2.45, 2.75) is 11.8 Å². The second kappa shape index (κ2) is 11.9. The zero-order valence-electron chi connectivity index (χ0n) is 22.1. The minimum Gasteiger partial charge on any atom is -0.497 e. The fourth-order valence-electron chi connectivity index (χ4n) is 4.08. The number of aromatic nitrogens is 1. The van der Waals surface area contributed by atoms with E-state index < -0.39 is 21.7 Å². The van der Waals surface area contributed by atoms with E-state index in [1.807, 2.05) is 6.07 Å². The molecule has 1 aromatic heterocycles. The molecule has 4 aromatic carbocycles. The normalized spacial score (nSPS) is 11.6. The van der Waals surface area contributed by atoms with E-state index in [9.17, 15) is 17.6 Å². The van der Waals surface area contributed by atoms with Crippen LogP contribution < -0.4 is 14.1 Å². The first-order valence-corrected chi connectivity index (χ1v) is 14.8. The molecule has 0 N–H and O–H groups in total. The predicted octanol–water partition coefficient (Wildman–Crippen LogP) is 6.34. The number of benzene rings is 4. The number of anilines is 2. The lowest BCUT2D eigenvalue weighted by atomic mass is 10.2. The van der Waals surface area contributed by atoms with Crippen LogP contribution in [0.1, 0.15) is 22.8 Å². The van der Waals surface area contributed by atoms with Crippen LogP contribution in [-0.4, -0.2) is 39.2 Å². The quantitative estimate of drug-likeness (QED) is 0.148. The lowest BCUT2D eigenvalue weighted by molar-refractivity contribution is 0.0987. The highest BCUT2D eigenvalue weighted by atomic mass is 32.2. The first-order valence-electron chi connectivity index (χ1n) is 12.6. The molecular weight excluding hydrogens is 563 g/mol. The molecule has 8 nitrogen and oxygen atoms in total. The summed E-state index contributed by atoms with van der Waals surface area (Å²) in [5.41, 5.74) is 1.97. The molecule has 0 aliphatic rings. The maximum Gasteiger partial charge on any atom is 0.280 e. The first kappa shape index (κ1) is 27.9. The van der Waals surface area contributed by atoms with Crippen molar-refractivity contribution in [3.8, 4) is 5.75 Å². The van der Waals surface area contributed by atoms with Gasteiger partial charge >= 0.3 is 0 Å². The summed E-state index contributed by atoms with van der Waals surface area (Å²) in [7, 11) is -2.30. The number of hydrazone groups is 1. The number of ether oxygens (including phenoxy) is 1. The Kier molecular flexibility index (Phi) is 8.09. The van der Waals surface area contributed by atoms with E-state index in [0.29, 0.717) is 27.2 Å². The number of fused-ring (bicyclic) bond motifs is 1. The van der Waals surface area contributed by atoms with Gasteiger partial charge in [-0.15, -0.1) is 0 Å². The third-order valence-electron chi connectivity index (χ3n) is 6.17. The van der Waals surface area contributed by atoms with Crippen LogP contribution in [0.3, 0.4) is 0 Å². The molecule has 0 bridgehead atoms. The summed E-state index contributed by atoms with van der Waals surface area (Å²) in [5, 5.41) is 5.77. The van der Waals surface area contributed by atoms with Gasteiger partial charge in [-0.25, -0.2) is 17.8 Å². The lowest BCUT2D eigenvalue weighted by Crippen LogP contribution is -2.31. The minimum atomic E-state index is -3.87. The second-order valence-corrected chi connectivity index (χ2v) is 11.6. The van der Waals surface area contributed by atoms with Gasteiger partial charge in [-0.1, -0.05) is 29.5 Å². The molecule has 5 rings (SSSR count). The minimum absolute atomic E-state index is 0.0449. The van der Waals surface area contributed by atoms with Crippen molar-refractivity contribution in [1.29, 1.82) is 0 Å². The Morgan fingerprint density at radius 3 is 2.37 bits per heavy atom. The molecule has 41 heavy (non-hydrogen) atoms. The number of hydrogen-bond acceptors (Lipinski definition) is 7. The number of para-hydroxylation sites is 1. The summed E-state index contributed by atoms with van der Waals surface area (Å²) in [4.78, 5) is 18.2. The molecule has 0 saturated carbocycles. The Hall–Kier alpha value is -4.61. The zero-order chi connectivity index (χ0) is 29.0. The third-order valence-corrected chi connectivity index (χ3v) is 9.08. The summed E-state index contributed by atoms with van der Waals surface area (Å²) in [6, 6.07) is 25.8. The van der Waals surface area contributed by atoms with E-state index in [2.05, 4.69) is 10.1 Å². The molecule has 0 unspecified atom stereocenters. The van der Waals surface area contributed by atoms with Gasteiger partial charge in [0.25, 0.3) is 15.9 Å². The van der Waals surface area contributed by atoms with Gasteiger partial charge in [0.2, 0.25) is 5.13 Å². The van der Waals surface area contributed by atoms with E-state index in [1.54, 1.807) is 62.6 Å². The SMILES string of the molecule is CCN(c1ccccc1)S(=O)(=O)c1ccc(C(=O)N(/N=C/c2ccc(OC)cc2)c2nc3ccc(F)cc3s2)cc1. The Bertz CT molecular complexity index is 1810. The van der Waals surface area contributed by atoms with Crippen LogP contribution >= 0.6 is 11.3 Å². The zero-order valence-corrected chi connectivity index (χ0v) is 23.8. The van der Waals surface area contributed by atoms with Gasteiger partial charge in [-0.3, -0.25) is 9.10 Å². The average Bonchev–Trinajstić information content (AvgIpc) is 3.41. The third kappa shape index (κ3) is 5.96. The van der Waals surface area contributed by atoms with Crippen molar-refractivity contribution in [2.75, 3.05) is 23.0 Å². The van der Waals surface area contributed by atoms with Gasteiger partial charge < -0.3 is 4.74 Å². The van der Waals surface area contributed by atoms with Crippen LogP contribution in [0.15, 0.2) is 107 Å². The topological polar surface area (TPSA) is 92.2 Å². The van der Waals surface area contributed by atoms with Crippen LogP contribution in [0.25, 0.3) is 10.2 Å². The molecule has 11 heteroatoms. The number of methoxy groups -OCH3 is 1. The number of rotatable bonds is 9. The van der Waals surface area contributed by atoms with Gasteiger partial charge in [0.05, 0.1) is 34.1 Å². The largest absolute Gasteiger partial charge is 0.497 e. The highest BCUT2D eigenvalue weighted by Gasteiger charge is 2.25. The molecule has 0 aliphatic carbocycles. The molecule has 1 heterocycles. The van der Waals surface area contributed by atoms with Crippen molar-refractivity contribution in [2.24, 2.45) is 5.10 Å². The first-order chi connectivity index (χ1) is 19.8. The summed E-state index contributed by atoms with van der Waals surface area (Å²) in [5.74, 6) is -0.276. The number of halogens is 1. The Balaban J connectivity index is 1.48. The lowest BCUT2D eigenvalue weighted by Gasteiger charge is -2.23. The van der Waals surface area contributed by atoms with Gasteiger partial charge in [0, 0.05) is 12.1 Å². The molecule has 0 atom stereocenters. The molecule has 0 saturated heterocycles. The van der Waals surface area contributed by atoms with Crippen LogP contribution in [0.4, 0.5) is 15.2 Å². The molecule has 1 amide bonds. The number of carbonyl (C=O) groups is 1. The maximum absolute atomic E-state index is 13.8. The summed E-state index contributed by atoms with van der Waals surface area (Å²) >= 11 is 1.11. The highest BCUT2D eigenvalue weighted by Crippen LogP contribution is 2.31. The Morgan fingerprint density at radius 2 is 1.71 bits per heavy atom. The Labute approximate surface area is 241 Å². The van der Waals surface area contributed by atoms with E-state index in [-0.39, 0.29) is 22.1 Å². The number of carbonyl (C=O) groups excluding carboxylic acids is 1. The molecule has 0 spiro atoms. The number of thiazole rings is 1. The van der Waals surface area contributed by atoms with E-state index in [0.717, 1.165) is 16.3 Å². The molecule has 208 valence electrons. The molecule has 0 radical (unpaired) electrons. The fraction of sp³-hybridized carbons (Fsp3) is 0.100. The number of amides is 1. The highest BCUT2D eigenvalue weighted by molar-refractivity contribution is 7.92. The van der Waals surface area contributed by atoms with E-state index in [4.69, 9.17) is 4.74 Å². The van der Waals surface area contributed by atoms with Crippen molar-refractivity contribution in [3.63, 3.8) is 0 Å². The monoisotopic (exact) mass is 588 g/mol. The van der Waals surface area contributed by atoms with Crippen LogP contribution in [-0.2, 0) is 10.0 Å². The number of nitrogens with zero attached hydrogens (tertiary/aromatic N) is 4. The average molecular weight is 589 g/mol. The second-order valence-electron chi connectivity index (χ2n) is 8.77. The molecule has 5 aromatic rings. The molecular formula is C30H25FN4O4S2. The molecule has 0 fully saturated rings. The van der Waals surface area contributed by atoms with Gasteiger partial charge in [0.1, 0.15) is 11.6 Å². The Morgan fingerprint density at radius 1 is 1.00 bits per heavy atom. The number of sulfonamides is 1. The van der Waals surface area contributed by atoms with E-state index in [1.165, 1.54) is 53.0 Å². The van der Waals surface area contributed by atoms with Gasteiger partial charge in [0.15, 0.2) is 0 Å². The van der Waals surface area contributed by atoms with Crippen molar-refractivity contribution in [3.05, 3.63) is 114 Å². The number of hydrogen-bond donors (Lipinski definition) is 0. The van der Waals surface area contributed by atoms with Crippen molar-refractivity contribution in [1.82, 2.24) is 4.98 Å².